The van der Waals surface area contributed by atoms with E-state index < -0.39 is 0 Å². The molecule has 0 saturated heterocycles. The molecule has 0 fully saturated rings. The maximum absolute atomic E-state index is 9.13. The van der Waals surface area contributed by atoms with Crippen LogP contribution in [-0.4, -0.2) is 16.5 Å². The molecule has 0 saturated carbocycles. The Labute approximate surface area is 129 Å². The molecule has 0 spiro atoms. The van der Waals surface area contributed by atoms with Gasteiger partial charge < -0.3 is 10.6 Å². The Morgan fingerprint density at radius 1 is 1.24 bits per heavy atom. The van der Waals surface area contributed by atoms with Gasteiger partial charge >= 0.3 is 0 Å². The van der Waals surface area contributed by atoms with Crippen LogP contribution in [0.3, 0.4) is 0 Å². The zero-order chi connectivity index (χ0) is 15.2. The summed E-state index contributed by atoms with van der Waals surface area (Å²) >= 11 is 5.98. The minimum atomic E-state index is 0.513. The lowest BCUT2D eigenvalue weighted by molar-refractivity contribution is 0.955. The molecule has 5 nitrogen and oxygen atoms in total. The Bertz CT molecular complexity index is 678. The number of anilines is 3. The number of aryl methyl sites for hydroxylation is 1. The molecule has 2 aromatic rings. The number of aromatic nitrogens is 2. The summed E-state index contributed by atoms with van der Waals surface area (Å²) in [6.45, 7) is 4.76. The SMILES string of the molecule is CCCNc1cc(Nc2cc(Cl)ccc2C#N)nc(C)n1. The van der Waals surface area contributed by atoms with Crippen molar-refractivity contribution >= 4 is 28.9 Å². The fourth-order valence-corrected chi connectivity index (χ4v) is 2.00. The van der Waals surface area contributed by atoms with Gasteiger partial charge in [0.25, 0.3) is 0 Å². The summed E-state index contributed by atoms with van der Waals surface area (Å²) in [4.78, 5) is 8.65. The van der Waals surface area contributed by atoms with Crippen molar-refractivity contribution in [1.29, 1.82) is 5.26 Å². The predicted octanol–water partition coefficient (Wildman–Crippen LogP) is 3.88. The van der Waals surface area contributed by atoms with Gasteiger partial charge in [0.05, 0.1) is 11.3 Å². The Balaban J connectivity index is 2.29. The second-order valence-corrected chi connectivity index (χ2v) is 4.98. The van der Waals surface area contributed by atoms with E-state index in [9.17, 15) is 0 Å². The number of hydrogen-bond donors (Lipinski definition) is 2. The highest BCUT2D eigenvalue weighted by molar-refractivity contribution is 6.30. The van der Waals surface area contributed by atoms with Crippen LogP contribution < -0.4 is 10.6 Å². The molecule has 0 atom stereocenters. The zero-order valence-electron chi connectivity index (χ0n) is 11.9. The molecule has 108 valence electrons. The summed E-state index contributed by atoms with van der Waals surface area (Å²) in [5, 5.41) is 16.0. The van der Waals surface area contributed by atoms with Crippen molar-refractivity contribution in [1.82, 2.24) is 9.97 Å². The minimum absolute atomic E-state index is 0.513. The van der Waals surface area contributed by atoms with Crippen LogP contribution in [0.5, 0.6) is 0 Å². The summed E-state index contributed by atoms with van der Waals surface area (Å²) in [5.74, 6) is 2.03. The van der Waals surface area contributed by atoms with Crippen LogP contribution in [0.2, 0.25) is 5.02 Å². The fourth-order valence-electron chi connectivity index (χ4n) is 1.83. The summed E-state index contributed by atoms with van der Waals surface area (Å²) in [5.41, 5.74) is 1.14. The van der Waals surface area contributed by atoms with Crippen molar-refractivity contribution in [3.63, 3.8) is 0 Å². The van der Waals surface area contributed by atoms with Crippen molar-refractivity contribution in [3.8, 4) is 6.07 Å². The van der Waals surface area contributed by atoms with E-state index >= 15 is 0 Å². The highest BCUT2D eigenvalue weighted by atomic mass is 35.5. The van der Waals surface area contributed by atoms with Crippen molar-refractivity contribution in [2.24, 2.45) is 0 Å². The van der Waals surface area contributed by atoms with Crippen LogP contribution in [0.1, 0.15) is 24.7 Å². The molecule has 0 unspecified atom stereocenters. The van der Waals surface area contributed by atoms with Crippen LogP contribution >= 0.6 is 11.6 Å². The van der Waals surface area contributed by atoms with Gasteiger partial charge in [-0.1, -0.05) is 18.5 Å². The largest absolute Gasteiger partial charge is 0.370 e. The molecule has 1 aromatic carbocycles. The fraction of sp³-hybridized carbons (Fsp3) is 0.267. The third-order valence-corrected chi connectivity index (χ3v) is 2.99. The normalized spacial score (nSPS) is 10.0. The third-order valence-electron chi connectivity index (χ3n) is 2.76. The maximum Gasteiger partial charge on any atom is 0.136 e. The molecular weight excluding hydrogens is 286 g/mol. The summed E-state index contributed by atoms with van der Waals surface area (Å²) in [6.07, 6.45) is 1.01. The van der Waals surface area contributed by atoms with Crippen molar-refractivity contribution in [3.05, 3.63) is 40.7 Å². The second-order valence-electron chi connectivity index (χ2n) is 4.54. The van der Waals surface area contributed by atoms with E-state index in [0.29, 0.717) is 27.9 Å². The van der Waals surface area contributed by atoms with E-state index in [1.165, 1.54) is 0 Å². The number of benzene rings is 1. The molecule has 1 heterocycles. The number of nitrogens with zero attached hydrogens (tertiary/aromatic N) is 3. The first-order valence-electron chi connectivity index (χ1n) is 6.68. The Hall–Kier alpha value is -2.32. The molecule has 0 aliphatic rings. The zero-order valence-corrected chi connectivity index (χ0v) is 12.7. The van der Waals surface area contributed by atoms with Gasteiger partial charge in [0, 0.05) is 17.6 Å². The summed E-state index contributed by atoms with van der Waals surface area (Å²) in [7, 11) is 0. The van der Waals surface area contributed by atoms with Gasteiger partial charge in [-0.2, -0.15) is 5.26 Å². The number of rotatable bonds is 5. The third kappa shape index (κ3) is 4.07. The average molecular weight is 302 g/mol. The molecule has 2 N–H and O–H groups in total. The Morgan fingerprint density at radius 2 is 2.00 bits per heavy atom. The van der Waals surface area contributed by atoms with Gasteiger partial charge in [-0.25, -0.2) is 9.97 Å². The first kappa shape index (κ1) is 15.1. The molecule has 2 rings (SSSR count). The topological polar surface area (TPSA) is 73.6 Å². The molecule has 21 heavy (non-hydrogen) atoms. The molecule has 0 bridgehead atoms. The molecular formula is C15H16ClN5. The van der Waals surface area contributed by atoms with Crippen LogP contribution in [0.25, 0.3) is 0 Å². The van der Waals surface area contributed by atoms with Crippen molar-refractivity contribution in [2.45, 2.75) is 20.3 Å². The van der Waals surface area contributed by atoms with E-state index in [-0.39, 0.29) is 0 Å². The number of hydrogen-bond acceptors (Lipinski definition) is 5. The monoisotopic (exact) mass is 301 g/mol. The lowest BCUT2D eigenvalue weighted by Gasteiger charge is -2.11. The highest BCUT2D eigenvalue weighted by Gasteiger charge is 2.06. The van der Waals surface area contributed by atoms with E-state index in [1.54, 1.807) is 18.2 Å². The Morgan fingerprint density at radius 3 is 2.71 bits per heavy atom. The summed E-state index contributed by atoms with van der Waals surface area (Å²) in [6, 6.07) is 9.00. The molecule has 1 aromatic heterocycles. The van der Waals surface area contributed by atoms with Crippen molar-refractivity contribution in [2.75, 3.05) is 17.2 Å². The van der Waals surface area contributed by atoms with Crippen LogP contribution in [-0.2, 0) is 0 Å². The second kappa shape index (κ2) is 6.91. The van der Waals surface area contributed by atoms with Gasteiger partial charge in [-0.15, -0.1) is 0 Å². The lowest BCUT2D eigenvalue weighted by atomic mass is 10.2. The standard InChI is InChI=1S/C15H16ClN5/c1-3-6-18-14-8-15(20-10(2)19-14)21-13-7-12(16)5-4-11(13)9-17/h4-5,7-8H,3,6H2,1-2H3,(H2,18,19,20,21). The molecule has 0 radical (unpaired) electrons. The number of nitrogens with one attached hydrogen (secondary N) is 2. The smallest absolute Gasteiger partial charge is 0.136 e. The Kier molecular flexibility index (Phi) is 4.96. The summed E-state index contributed by atoms with van der Waals surface area (Å²) < 4.78 is 0. The molecule has 6 heteroatoms. The minimum Gasteiger partial charge on any atom is -0.370 e. The molecule has 0 aliphatic heterocycles. The molecule has 0 aliphatic carbocycles. The number of nitriles is 1. The van der Waals surface area contributed by atoms with Crippen LogP contribution in [0, 0.1) is 18.3 Å². The van der Waals surface area contributed by atoms with Gasteiger partial charge in [0.1, 0.15) is 23.5 Å². The van der Waals surface area contributed by atoms with E-state index in [4.69, 9.17) is 16.9 Å². The van der Waals surface area contributed by atoms with Gasteiger partial charge in [-0.05, 0) is 31.5 Å². The van der Waals surface area contributed by atoms with Crippen molar-refractivity contribution < 1.29 is 0 Å². The molecule has 0 amide bonds. The van der Waals surface area contributed by atoms with Gasteiger partial charge in [0.2, 0.25) is 0 Å². The lowest BCUT2D eigenvalue weighted by Crippen LogP contribution is -2.06. The maximum atomic E-state index is 9.13. The average Bonchev–Trinajstić information content (AvgIpc) is 2.45. The highest BCUT2D eigenvalue weighted by Crippen LogP contribution is 2.24. The van der Waals surface area contributed by atoms with E-state index in [2.05, 4.69) is 33.6 Å². The van der Waals surface area contributed by atoms with E-state index in [0.717, 1.165) is 18.8 Å². The van der Waals surface area contributed by atoms with Gasteiger partial charge in [-0.3, -0.25) is 0 Å². The van der Waals surface area contributed by atoms with Crippen LogP contribution in [0.15, 0.2) is 24.3 Å². The van der Waals surface area contributed by atoms with Crippen LogP contribution in [0.4, 0.5) is 17.3 Å². The quantitative estimate of drug-likeness (QED) is 0.877. The first-order valence-corrected chi connectivity index (χ1v) is 7.06. The predicted molar refractivity (Wildman–Crippen MR) is 85.0 cm³/mol. The first-order chi connectivity index (χ1) is 10.1. The van der Waals surface area contributed by atoms with E-state index in [1.807, 2.05) is 13.0 Å². The number of halogens is 1. The van der Waals surface area contributed by atoms with Gasteiger partial charge in [0.15, 0.2) is 0 Å².